The summed E-state index contributed by atoms with van der Waals surface area (Å²) in [4.78, 5) is 4.40. The lowest BCUT2D eigenvalue weighted by molar-refractivity contribution is 0.345. The van der Waals surface area contributed by atoms with Crippen molar-refractivity contribution < 1.29 is 0 Å². The van der Waals surface area contributed by atoms with Gasteiger partial charge in [-0.1, -0.05) is 27.7 Å². The van der Waals surface area contributed by atoms with Crippen LogP contribution in [-0.2, 0) is 0 Å². The van der Waals surface area contributed by atoms with Crippen LogP contribution in [0, 0.1) is 25.7 Å². The number of nitrogens with one attached hydrogen (secondary N) is 1. The molecule has 0 aliphatic carbocycles. The van der Waals surface area contributed by atoms with Gasteiger partial charge in [0, 0.05) is 18.3 Å². The van der Waals surface area contributed by atoms with Crippen molar-refractivity contribution in [1.29, 1.82) is 0 Å². The Morgan fingerprint density at radius 1 is 1.18 bits per heavy atom. The van der Waals surface area contributed by atoms with Crippen LogP contribution < -0.4 is 5.32 Å². The fraction of sp³-hybridized carbons (Fsp3) is 0.786. The van der Waals surface area contributed by atoms with Crippen LogP contribution in [0.25, 0.3) is 0 Å². The van der Waals surface area contributed by atoms with Crippen molar-refractivity contribution in [1.82, 2.24) is 14.9 Å². The van der Waals surface area contributed by atoms with Gasteiger partial charge in [0.2, 0.25) is 0 Å². The Labute approximate surface area is 106 Å². The third-order valence-corrected chi connectivity index (χ3v) is 3.32. The molecule has 0 aromatic carbocycles. The van der Waals surface area contributed by atoms with E-state index in [0.717, 1.165) is 18.8 Å². The van der Waals surface area contributed by atoms with E-state index in [1.807, 2.05) is 6.33 Å². The number of aryl methyl sites for hydroxylation is 1. The maximum atomic E-state index is 4.40. The van der Waals surface area contributed by atoms with Crippen LogP contribution in [0.2, 0.25) is 0 Å². The molecule has 3 nitrogen and oxygen atoms in total. The SMILES string of the molecule is Cc1ncn(C(CNCC(C)C)C(C)C)c1C. The van der Waals surface area contributed by atoms with Gasteiger partial charge in [0.1, 0.15) is 0 Å². The fourth-order valence-electron chi connectivity index (χ4n) is 2.03. The monoisotopic (exact) mass is 237 g/mol. The largest absolute Gasteiger partial charge is 0.330 e. The minimum atomic E-state index is 0.495. The molecular weight excluding hydrogens is 210 g/mol. The molecule has 1 atom stereocenters. The minimum absolute atomic E-state index is 0.495. The number of hydrogen-bond acceptors (Lipinski definition) is 2. The predicted molar refractivity (Wildman–Crippen MR) is 73.3 cm³/mol. The van der Waals surface area contributed by atoms with E-state index in [-0.39, 0.29) is 0 Å². The zero-order chi connectivity index (χ0) is 13.0. The zero-order valence-electron chi connectivity index (χ0n) is 12.1. The van der Waals surface area contributed by atoms with Crippen LogP contribution in [0.15, 0.2) is 6.33 Å². The lowest BCUT2D eigenvalue weighted by Gasteiger charge is -2.25. The van der Waals surface area contributed by atoms with Crippen LogP contribution in [-0.4, -0.2) is 22.6 Å². The number of rotatable bonds is 6. The number of nitrogens with zero attached hydrogens (tertiary/aromatic N) is 2. The van der Waals surface area contributed by atoms with Gasteiger partial charge in [-0.25, -0.2) is 4.98 Å². The second kappa shape index (κ2) is 6.20. The summed E-state index contributed by atoms with van der Waals surface area (Å²) in [6, 6.07) is 0.495. The lowest BCUT2D eigenvalue weighted by Crippen LogP contribution is -2.31. The van der Waals surface area contributed by atoms with Gasteiger partial charge in [-0.15, -0.1) is 0 Å². The highest BCUT2D eigenvalue weighted by Gasteiger charge is 2.17. The van der Waals surface area contributed by atoms with Crippen LogP contribution in [0.1, 0.15) is 45.1 Å². The Morgan fingerprint density at radius 3 is 2.24 bits per heavy atom. The first kappa shape index (κ1) is 14.2. The first-order chi connectivity index (χ1) is 7.93. The van der Waals surface area contributed by atoms with Gasteiger partial charge < -0.3 is 9.88 Å². The van der Waals surface area contributed by atoms with Crippen molar-refractivity contribution in [3.05, 3.63) is 17.7 Å². The Balaban J connectivity index is 2.69. The molecule has 0 aliphatic rings. The van der Waals surface area contributed by atoms with E-state index < -0.39 is 0 Å². The molecule has 0 saturated carbocycles. The molecule has 3 heteroatoms. The van der Waals surface area contributed by atoms with E-state index in [1.54, 1.807) is 0 Å². The number of aromatic nitrogens is 2. The highest BCUT2D eigenvalue weighted by Crippen LogP contribution is 2.20. The molecule has 1 N–H and O–H groups in total. The molecule has 98 valence electrons. The van der Waals surface area contributed by atoms with E-state index in [9.17, 15) is 0 Å². The second-order valence-electron chi connectivity index (χ2n) is 5.69. The summed E-state index contributed by atoms with van der Waals surface area (Å²) >= 11 is 0. The molecule has 0 saturated heterocycles. The van der Waals surface area contributed by atoms with Gasteiger partial charge in [0.25, 0.3) is 0 Å². The minimum Gasteiger partial charge on any atom is -0.330 e. The van der Waals surface area contributed by atoms with Crippen molar-refractivity contribution in [2.24, 2.45) is 11.8 Å². The summed E-state index contributed by atoms with van der Waals surface area (Å²) in [6.45, 7) is 15.4. The van der Waals surface area contributed by atoms with Gasteiger partial charge in [0.15, 0.2) is 0 Å². The Morgan fingerprint density at radius 2 is 1.82 bits per heavy atom. The molecule has 0 spiro atoms. The van der Waals surface area contributed by atoms with E-state index in [1.165, 1.54) is 5.69 Å². The summed E-state index contributed by atoms with van der Waals surface area (Å²) in [6.07, 6.45) is 1.98. The molecule has 1 unspecified atom stereocenters. The Hall–Kier alpha value is -0.830. The molecule has 0 bridgehead atoms. The standard InChI is InChI=1S/C14H27N3/c1-10(2)7-15-8-14(11(3)4)17-9-16-12(5)13(17)6/h9-11,14-15H,7-8H2,1-6H3. The maximum Gasteiger partial charge on any atom is 0.0954 e. The molecule has 0 aliphatic heterocycles. The highest BCUT2D eigenvalue weighted by atomic mass is 15.1. The molecule has 1 aromatic heterocycles. The second-order valence-corrected chi connectivity index (χ2v) is 5.69. The topological polar surface area (TPSA) is 29.9 Å². The summed E-state index contributed by atoms with van der Waals surface area (Å²) in [5.74, 6) is 1.32. The van der Waals surface area contributed by atoms with Crippen molar-refractivity contribution in [3.8, 4) is 0 Å². The molecule has 1 rings (SSSR count). The highest BCUT2D eigenvalue weighted by molar-refractivity contribution is 5.10. The van der Waals surface area contributed by atoms with Crippen molar-refractivity contribution in [2.45, 2.75) is 47.6 Å². The average Bonchev–Trinajstić information content (AvgIpc) is 2.54. The Kier molecular flexibility index (Phi) is 5.19. The predicted octanol–water partition coefficient (Wildman–Crippen LogP) is 2.94. The number of imidazole rings is 1. The van der Waals surface area contributed by atoms with Crippen LogP contribution in [0.3, 0.4) is 0 Å². The summed E-state index contributed by atoms with van der Waals surface area (Å²) in [7, 11) is 0. The van der Waals surface area contributed by atoms with E-state index in [4.69, 9.17) is 0 Å². The van der Waals surface area contributed by atoms with Gasteiger partial charge in [-0.2, -0.15) is 0 Å². The van der Waals surface area contributed by atoms with E-state index in [2.05, 4.69) is 56.4 Å². The summed E-state index contributed by atoms with van der Waals surface area (Å²) < 4.78 is 2.31. The van der Waals surface area contributed by atoms with Crippen LogP contribution in [0.5, 0.6) is 0 Å². The Bertz CT molecular complexity index is 339. The van der Waals surface area contributed by atoms with Crippen LogP contribution in [0.4, 0.5) is 0 Å². The third-order valence-electron chi connectivity index (χ3n) is 3.32. The van der Waals surface area contributed by atoms with Crippen LogP contribution >= 0.6 is 0 Å². The molecule has 1 aromatic rings. The molecule has 0 fully saturated rings. The molecule has 0 radical (unpaired) electrons. The van der Waals surface area contributed by atoms with E-state index in [0.29, 0.717) is 17.9 Å². The van der Waals surface area contributed by atoms with Crippen molar-refractivity contribution in [2.75, 3.05) is 13.1 Å². The van der Waals surface area contributed by atoms with Gasteiger partial charge in [0.05, 0.1) is 12.0 Å². The van der Waals surface area contributed by atoms with E-state index >= 15 is 0 Å². The first-order valence-corrected chi connectivity index (χ1v) is 6.64. The normalized spacial score (nSPS) is 13.6. The van der Waals surface area contributed by atoms with Gasteiger partial charge >= 0.3 is 0 Å². The maximum absolute atomic E-state index is 4.40. The molecule has 17 heavy (non-hydrogen) atoms. The molecule has 0 amide bonds. The zero-order valence-corrected chi connectivity index (χ0v) is 12.1. The molecular formula is C14H27N3. The molecule has 1 heterocycles. The number of hydrogen-bond donors (Lipinski definition) is 1. The average molecular weight is 237 g/mol. The third kappa shape index (κ3) is 3.84. The fourth-order valence-corrected chi connectivity index (χ4v) is 2.03. The quantitative estimate of drug-likeness (QED) is 0.824. The van der Waals surface area contributed by atoms with Crippen molar-refractivity contribution >= 4 is 0 Å². The summed E-state index contributed by atoms with van der Waals surface area (Å²) in [5.41, 5.74) is 2.43. The lowest BCUT2D eigenvalue weighted by atomic mass is 10.0. The summed E-state index contributed by atoms with van der Waals surface area (Å²) in [5, 5.41) is 3.55. The first-order valence-electron chi connectivity index (χ1n) is 6.64. The van der Waals surface area contributed by atoms with Crippen molar-refractivity contribution in [3.63, 3.8) is 0 Å². The van der Waals surface area contributed by atoms with Gasteiger partial charge in [-0.05, 0) is 32.2 Å². The smallest absolute Gasteiger partial charge is 0.0954 e. The van der Waals surface area contributed by atoms with Gasteiger partial charge in [-0.3, -0.25) is 0 Å².